The predicted octanol–water partition coefficient (Wildman–Crippen LogP) is 10.1. The largest absolute Gasteiger partial charge is 0.756 e. The van der Waals surface area contributed by atoms with E-state index in [0.717, 1.165) is 77.0 Å². The smallest absolute Gasteiger partial charge is 0.268 e. The van der Waals surface area contributed by atoms with Crippen LogP contribution in [-0.2, 0) is 18.4 Å². The number of nitrogens with zero attached hydrogens (tertiary/aromatic N) is 1. The van der Waals surface area contributed by atoms with Crippen LogP contribution in [0.5, 0.6) is 0 Å². The number of quaternary nitrogens is 1. The van der Waals surface area contributed by atoms with E-state index < -0.39 is 20.0 Å². The number of aliphatic hydroxyl groups excluding tert-OH is 1. The summed E-state index contributed by atoms with van der Waals surface area (Å²) >= 11 is 0. The monoisotopic (exact) mass is 737 g/mol. The summed E-state index contributed by atoms with van der Waals surface area (Å²) < 4.78 is 23.1. The van der Waals surface area contributed by atoms with E-state index in [4.69, 9.17) is 9.05 Å². The van der Waals surface area contributed by atoms with E-state index >= 15 is 0 Å². The number of hydrogen-bond donors (Lipinski definition) is 2. The lowest BCUT2D eigenvalue weighted by Gasteiger charge is -2.29. The summed E-state index contributed by atoms with van der Waals surface area (Å²) in [4.78, 5) is 25.2. The maximum atomic E-state index is 12.8. The molecule has 1 amide bonds. The summed E-state index contributed by atoms with van der Waals surface area (Å²) in [5.74, 6) is -0.217. The number of aliphatic hydroxyl groups is 1. The first kappa shape index (κ1) is 49.2. The fourth-order valence-corrected chi connectivity index (χ4v) is 5.98. The van der Waals surface area contributed by atoms with Crippen molar-refractivity contribution >= 4 is 13.7 Å². The predicted molar refractivity (Wildman–Crippen MR) is 214 cm³/mol. The second kappa shape index (κ2) is 34.0. The van der Waals surface area contributed by atoms with Crippen LogP contribution >= 0.6 is 7.82 Å². The molecule has 0 rings (SSSR count). The van der Waals surface area contributed by atoms with E-state index in [1.807, 2.05) is 27.2 Å². The molecule has 0 aliphatic heterocycles. The molecule has 3 atom stereocenters. The SMILES string of the molecule is CC/C=C\C/C=C\C/C=C\C/C=C\CCCCCCCCC(=O)NC(COP(=O)([O-])OCC[N+](C)(C)C)C(O)/C=C/CCCCCCCCCC. The minimum absolute atomic E-state index is 0.00715. The number of unbranched alkanes of at least 4 members (excludes halogenated alkanes) is 14. The van der Waals surface area contributed by atoms with E-state index in [2.05, 4.69) is 67.8 Å². The molecule has 0 spiro atoms. The maximum Gasteiger partial charge on any atom is 0.268 e. The zero-order chi connectivity index (χ0) is 37.9. The van der Waals surface area contributed by atoms with Gasteiger partial charge in [-0.25, -0.2) is 0 Å². The van der Waals surface area contributed by atoms with Crippen molar-refractivity contribution in [3.8, 4) is 0 Å². The van der Waals surface area contributed by atoms with Crippen molar-refractivity contribution in [2.24, 2.45) is 0 Å². The Morgan fingerprint density at radius 1 is 0.706 bits per heavy atom. The number of nitrogens with one attached hydrogen (secondary N) is 1. The molecule has 0 saturated heterocycles. The third-order valence-corrected chi connectivity index (χ3v) is 9.45. The highest BCUT2D eigenvalue weighted by Gasteiger charge is 2.23. The topological polar surface area (TPSA) is 108 Å². The van der Waals surface area contributed by atoms with Crippen molar-refractivity contribution in [2.75, 3.05) is 40.9 Å². The van der Waals surface area contributed by atoms with E-state index in [1.54, 1.807) is 6.08 Å². The van der Waals surface area contributed by atoms with Gasteiger partial charge in [0.25, 0.3) is 7.82 Å². The molecule has 0 saturated carbocycles. The molecule has 9 heteroatoms. The number of rotatable bonds is 35. The summed E-state index contributed by atoms with van der Waals surface area (Å²) in [5, 5.41) is 13.7. The van der Waals surface area contributed by atoms with E-state index in [9.17, 15) is 19.4 Å². The van der Waals surface area contributed by atoms with Gasteiger partial charge in [-0.1, -0.05) is 145 Å². The second-order valence-electron chi connectivity index (χ2n) is 14.6. The van der Waals surface area contributed by atoms with Crippen LogP contribution in [0.15, 0.2) is 60.8 Å². The highest BCUT2D eigenvalue weighted by molar-refractivity contribution is 7.45. The Morgan fingerprint density at radius 3 is 1.75 bits per heavy atom. The van der Waals surface area contributed by atoms with Gasteiger partial charge in [-0.05, 0) is 57.8 Å². The summed E-state index contributed by atoms with van der Waals surface area (Å²) in [6.45, 7) is 4.47. The van der Waals surface area contributed by atoms with Crippen LogP contribution in [0.25, 0.3) is 0 Å². The van der Waals surface area contributed by atoms with Crippen molar-refractivity contribution in [2.45, 2.75) is 161 Å². The molecular formula is C42H77N2O6P. The molecule has 0 aliphatic carbocycles. The van der Waals surface area contributed by atoms with Gasteiger partial charge < -0.3 is 28.8 Å². The number of carbonyl (C=O) groups is 1. The molecule has 8 nitrogen and oxygen atoms in total. The van der Waals surface area contributed by atoms with Crippen molar-refractivity contribution < 1.29 is 32.9 Å². The Balaban J connectivity index is 4.46. The lowest BCUT2D eigenvalue weighted by atomic mass is 10.1. The van der Waals surface area contributed by atoms with Crippen LogP contribution in [0.3, 0.4) is 0 Å². The molecule has 2 N–H and O–H groups in total. The molecule has 0 fully saturated rings. The minimum atomic E-state index is -4.59. The molecule has 296 valence electrons. The van der Waals surface area contributed by atoms with Crippen LogP contribution < -0.4 is 10.2 Å². The first-order valence-corrected chi connectivity index (χ1v) is 21.6. The van der Waals surface area contributed by atoms with E-state index in [-0.39, 0.29) is 19.1 Å². The summed E-state index contributed by atoms with van der Waals surface area (Å²) in [6, 6.07) is -0.894. The lowest BCUT2D eigenvalue weighted by molar-refractivity contribution is -0.870. The van der Waals surface area contributed by atoms with E-state index in [1.165, 1.54) is 51.4 Å². The number of likely N-dealkylation sites (N-methyl/N-ethyl adjacent to an activating group) is 1. The highest BCUT2D eigenvalue weighted by atomic mass is 31.2. The number of phosphoric ester groups is 1. The van der Waals surface area contributed by atoms with Gasteiger partial charge in [0.15, 0.2) is 0 Å². The zero-order valence-corrected chi connectivity index (χ0v) is 34.2. The average molecular weight is 737 g/mol. The highest BCUT2D eigenvalue weighted by Crippen LogP contribution is 2.38. The summed E-state index contributed by atoms with van der Waals surface area (Å²) in [5.41, 5.74) is 0. The molecular weight excluding hydrogens is 659 g/mol. The van der Waals surface area contributed by atoms with Crippen LogP contribution in [0.1, 0.15) is 149 Å². The molecule has 0 heterocycles. The zero-order valence-electron chi connectivity index (χ0n) is 33.3. The van der Waals surface area contributed by atoms with Gasteiger partial charge in [0, 0.05) is 6.42 Å². The van der Waals surface area contributed by atoms with Gasteiger partial charge in [0.05, 0.1) is 39.9 Å². The van der Waals surface area contributed by atoms with Crippen molar-refractivity contribution in [3.63, 3.8) is 0 Å². The standard InChI is InChI=1S/C42H77N2O6P/c1-6-8-10-12-14-16-18-19-20-21-22-23-24-25-26-28-30-32-34-36-42(46)43-40(39-50-51(47,48)49-38-37-44(3,4)5)41(45)35-33-31-29-27-17-15-13-11-9-7-2/h8,10,14,16,19-20,22-23,33,35,40-41,45H,6-7,9,11-13,15,17-18,21,24-32,34,36-39H2,1-5H3,(H-,43,46,47,48)/b10-8-,16-14-,20-19-,23-22-,35-33+. The third kappa shape index (κ3) is 36.4. The molecule has 0 aromatic rings. The number of amides is 1. The molecule has 3 unspecified atom stereocenters. The normalized spacial score (nSPS) is 15.2. The van der Waals surface area contributed by atoms with Gasteiger partial charge in [-0.15, -0.1) is 0 Å². The Hall–Kier alpha value is -1.80. The maximum absolute atomic E-state index is 12.8. The third-order valence-electron chi connectivity index (χ3n) is 8.48. The average Bonchev–Trinajstić information content (AvgIpc) is 3.07. The fraction of sp³-hybridized carbons (Fsp3) is 0.738. The number of carbonyl (C=O) groups excluding carboxylic acids is 1. The Kier molecular flexibility index (Phi) is 32.8. The second-order valence-corrected chi connectivity index (χ2v) is 16.0. The fourth-order valence-electron chi connectivity index (χ4n) is 5.26. The van der Waals surface area contributed by atoms with Gasteiger partial charge in [0.2, 0.25) is 5.91 Å². The molecule has 0 aromatic carbocycles. The van der Waals surface area contributed by atoms with Crippen molar-refractivity contribution in [3.05, 3.63) is 60.8 Å². The van der Waals surface area contributed by atoms with Gasteiger partial charge in [0.1, 0.15) is 13.2 Å². The summed E-state index contributed by atoms with van der Waals surface area (Å²) in [6.07, 6.45) is 42.6. The van der Waals surface area contributed by atoms with Gasteiger partial charge in [-0.3, -0.25) is 9.36 Å². The Labute approximate surface area is 313 Å². The first-order chi connectivity index (χ1) is 24.5. The van der Waals surface area contributed by atoms with Gasteiger partial charge >= 0.3 is 0 Å². The number of allylic oxidation sites excluding steroid dienone is 9. The molecule has 0 radical (unpaired) electrons. The van der Waals surface area contributed by atoms with Gasteiger partial charge in [-0.2, -0.15) is 0 Å². The Bertz CT molecular complexity index is 1020. The van der Waals surface area contributed by atoms with Crippen LogP contribution in [0, 0.1) is 0 Å². The molecule has 0 aromatic heterocycles. The summed E-state index contributed by atoms with van der Waals surface area (Å²) in [7, 11) is 1.24. The Morgan fingerprint density at radius 2 is 1.20 bits per heavy atom. The van der Waals surface area contributed by atoms with Crippen molar-refractivity contribution in [1.29, 1.82) is 0 Å². The molecule has 0 aliphatic rings. The number of hydrogen-bond acceptors (Lipinski definition) is 6. The van der Waals surface area contributed by atoms with Crippen molar-refractivity contribution in [1.82, 2.24) is 5.32 Å². The minimum Gasteiger partial charge on any atom is -0.756 e. The number of phosphoric acid groups is 1. The first-order valence-electron chi connectivity index (χ1n) is 20.2. The van der Waals surface area contributed by atoms with Crippen LogP contribution in [0.2, 0.25) is 0 Å². The quantitative estimate of drug-likeness (QED) is 0.0290. The van der Waals surface area contributed by atoms with E-state index in [0.29, 0.717) is 17.4 Å². The molecule has 51 heavy (non-hydrogen) atoms. The lowest BCUT2D eigenvalue weighted by Crippen LogP contribution is -2.45. The van der Waals surface area contributed by atoms with Crippen LogP contribution in [0.4, 0.5) is 0 Å². The molecule has 0 bridgehead atoms. The van der Waals surface area contributed by atoms with Crippen LogP contribution in [-0.4, -0.2) is 68.5 Å².